The highest BCUT2D eigenvalue weighted by atomic mass is 35.5. The lowest BCUT2D eigenvalue weighted by Gasteiger charge is -2.07. The molecule has 0 aliphatic carbocycles. The minimum Gasteiger partial charge on any atom is -0.478 e. The molecule has 0 bridgehead atoms. The number of aromatic carboxylic acids is 1. The molecule has 0 radical (unpaired) electrons. The maximum Gasteiger partial charge on any atom is 0.335 e. The summed E-state index contributed by atoms with van der Waals surface area (Å²) in [6, 6.07) is 4.09. The Morgan fingerprint density at radius 3 is 2.74 bits per heavy atom. The van der Waals surface area contributed by atoms with E-state index in [1.807, 2.05) is 0 Å². The molecule has 3 N–H and O–H groups in total. The van der Waals surface area contributed by atoms with Gasteiger partial charge in [0.05, 0.1) is 28.0 Å². The van der Waals surface area contributed by atoms with Gasteiger partial charge in [-0.1, -0.05) is 11.6 Å². The van der Waals surface area contributed by atoms with E-state index in [1.54, 1.807) is 6.92 Å². The Morgan fingerprint density at radius 1 is 1.42 bits per heavy atom. The number of aromatic nitrogens is 2. The first-order chi connectivity index (χ1) is 8.99. The van der Waals surface area contributed by atoms with E-state index >= 15 is 0 Å². The van der Waals surface area contributed by atoms with Crippen LogP contribution in [-0.2, 0) is 0 Å². The smallest absolute Gasteiger partial charge is 0.335 e. The molecule has 1 heterocycles. The molecule has 1 aromatic heterocycles. The molecule has 1 amide bonds. The van der Waals surface area contributed by atoms with Gasteiger partial charge in [0.15, 0.2) is 0 Å². The van der Waals surface area contributed by atoms with Crippen LogP contribution < -0.4 is 5.32 Å². The molecule has 19 heavy (non-hydrogen) atoms. The molecule has 0 saturated heterocycles. The van der Waals surface area contributed by atoms with Gasteiger partial charge >= 0.3 is 5.97 Å². The Bertz CT molecular complexity index is 651. The number of amides is 1. The standard InChI is InChI=1S/C12H10ClN3O3/c1-6-8(5-14-16-6)11(17)15-10-4-7(12(18)19)2-3-9(10)13/h2-5H,1H3,(H,14,16)(H,15,17)(H,18,19). The third kappa shape index (κ3) is 2.74. The van der Waals surface area contributed by atoms with Gasteiger partial charge in [-0.2, -0.15) is 5.10 Å². The van der Waals surface area contributed by atoms with Crippen LogP contribution in [0.25, 0.3) is 0 Å². The van der Waals surface area contributed by atoms with Gasteiger partial charge < -0.3 is 10.4 Å². The largest absolute Gasteiger partial charge is 0.478 e. The molecule has 0 spiro atoms. The van der Waals surface area contributed by atoms with Crippen LogP contribution in [0.4, 0.5) is 5.69 Å². The fraction of sp³-hybridized carbons (Fsp3) is 0.0833. The van der Waals surface area contributed by atoms with E-state index in [0.717, 1.165) is 0 Å². The number of halogens is 1. The van der Waals surface area contributed by atoms with Crippen LogP contribution in [0.5, 0.6) is 0 Å². The van der Waals surface area contributed by atoms with Gasteiger partial charge in [-0.05, 0) is 25.1 Å². The van der Waals surface area contributed by atoms with Gasteiger partial charge in [-0.15, -0.1) is 0 Å². The molecule has 0 saturated carbocycles. The summed E-state index contributed by atoms with van der Waals surface area (Å²) in [5, 5.41) is 18.1. The molecule has 98 valence electrons. The third-order valence-electron chi connectivity index (χ3n) is 2.54. The number of carboxylic acid groups (broad SMARTS) is 1. The van der Waals surface area contributed by atoms with Gasteiger partial charge in [0.25, 0.3) is 5.91 Å². The molecule has 2 rings (SSSR count). The zero-order valence-electron chi connectivity index (χ0n) is 9.90. The Labute approximate surface area is 113 Å². The number of hydrogen-bond acceptors (Lipinski definition) is 3. The number of nitrogens with zero attached hydrogens (tertiary/aromatic N) is 1. The van der Waals surface area contributed by atoms with Crippen LogP contribution in [0.3, 0.4) is 0 Å². The number of carbonyl (C=O) groups is 2. The zero-order valence-corrected chi connectivity index (χ0v) is 10.7. The average Bonchev–Trinajstić information content (AvgIpc) is 2.78. The Morgan fingerprint density at radius 2 is 2.16 bits per heavy atom. The summed E-state index contributed by atoms with van der Waals surface area (Å²) in [6.45, 7) is 1.71. The van der Waals surface area contributed by atoms with Crippen LogP contribution >= 0.6 is 11.6 Å². The molecule has 6 nitrogen and oxygen atoms in total. The number of H-pyrrole nitrogens is 1. The summed E-state index contributed by atoms with van der Waals surface area (Å²) in [5.74, 6) is -1.50. The van der Waals surface area contributed by atoms with Crippen LogP contribution in [0.15, 0.2) is 24.4 Å². The van der Waals surface area contributed by atoms with Crippen molar-refractivity contribution in [1.29, 1.82) is 0 Å². The Hall–Kier alpha value is -2.34. The molecular formula is C12H10ClN3O3. The second-order valence-corrected chi connectivity index (χ2v) is 4.27. The van der Waals surface area contributed by atoms with Crippen molar-refractivity contribution >= 4 is 29.2 Å². The third-order valence-corrected chi connectivity index (χ3v) is 2.87. The van der Waals surface area contributed by atoms with E-state index in [0.29, 0.717) is 11.3 Å². The van der Waals surface area contributed by atoms with Crippen molar-refractivity contribution in [3.05, 3.63) is 46.2 Å². The second kappa shape index (κ2) is 5.11. The van der Waals surface area contributed by atoms with Gasteiger partial charge in [0.2, 0.25) is 0 Å². The Balaban J connectivity index is 2.28. The molecular weight excluding hydrogens is 270 g/mol. The lowest BCUT2D eigenvalue weighted by molar-refractivity contribution is 0.0696. The second-order valence-electron chi connectivity index (χ2n) is 3.86. The van der Waals surface area contributed by atoms with Crippen LogP contribution in [0.1, 0.15) is 26.4 Å². The average molecular weight is 280 g/mol. The van der Waals surface area contributed by atoms with Crippen LogP contribution in [0, 0.1) is 6.92 Å². The highest BCUT2D eigenvalue weighted by molar-refractivity contribution is 6.34. The number of carboxylic acids is 1. The number of benzene rings is 1. The fourth-order valence-corrected chi connectivity index (χ4v) is 1.69. The number of carbonyl (C=O) groups excluding carboxylic acids is 1. The number of hydrogen-bond donors (Lipinski definition) is 3. The summed E-state index contributed by atoms with van der Waals surface area (Å²) in [7, 11) is 0. The summed E-state index contributed by atoms with van der Waals surface area (Å²) >= 11 is 5.92. The number of aromatic amines is 1. The topological polar surface area (TPSA) is 95.1 Å². The molecule has 0 atom stereocenters. The number of aryl methyl sites for hydroxylation is 1. The summed E-state index contributed by atoms with van der Waals surface area (Å²) < 4.78 is 0. The van der Waals surface area contributed by atoms with Crippen molar-refractivity contribution in [2.45, 2.75) is 6.92 Å². The number of anilines is 1. The molecule has 0 fully saturated rings. The highest BCUT2D eigenvalue weighted by Gasteiger charge is 2.14. The van der Waals surface area contributed by atoms with Crippen molar-refractivity contribution in [1.82, 2.24) is 10.2 Å². The van der Waals surface area contributed by atoms with Gasteiger partial charge in [0, 0.05) is 5.69 Å². The van der Waals surface area contributed by atoms with Crippen molar-refractivity contribution in [3.8, 4) is 0 Å². The molecule has 7 heteroatoms. The first-order valence-electron chi connectivity index (χ1n) is 5.33. The van der Waals surface area contributed by atoms with Gasteiger partial charge in [0.1, 0.15) is 0 Å². The van der Waals surface area contributed by atoms with E-state index in [-0.39, 0.29) is 16.3 Å². The zero-order chi connectivity index (χ0) is 14.0. The van der Waals surface area contributed by atoms with E-state index in [2.05, 4.69) is 15.5 Å². The predicted octanol–water partition coefficient (Wildman–Crippen LogP) is 2.32. The van der Waals surface area contributed by atoms with Crippen molar-refractivity contribution in [2.24, 2.45) is 0 Å². The maximum atomic E-state index is 12.0. The molecule has 0 aliphatic rings. The Kier molecular flexibility index (Phi) is 3.52. The summed E-state index contributed by atoms with van der Waals surface area (Å²) in [6.07, 6.45) is 1.39. The van der Waals surface area contributed by atoms with E-state index in [4.69, 9.17) is 16.7 Å². The lowest BCUT2D eigenvalue weighted by atomic mass is 10.2. The van der Waals surface area contributed by atoms with Crippen LogP contribution in [-0.4, -0.2) is 27.2 Å². The van der Waals surface area contributed by atoms with Gasteiger partial charge in [-0.25, -0.2) is 4.79 Å². The first-order valence-corrected chi connectivity index (χ1v) is 5.71. The molecule has 2 aromatic rings. The predicted molar refractivity (Wildman–Crippen MR) is 69.7 cm³/mol. The minimum atomic E-state index is -1.09. The SMILES string of the molecule is Cc1[nH]ncc1C(=O)Nc1cc(C(=O)O)ccc1Cl. The lowest BCUT2D eigenvalue weighted by Crippen LogP contribution is -2.13. The summed E-state index contributed by atoms with van der Waals surface area (Å²) in [4.78, 5) is 22.8. The molecule has 1 aromatic carbocycles. The van der Waals surface area contributed by atoms with Crippen molar-refractivity contribution in [3.63, 3.8) is 0 Å². The van der Waals surface area contributed by atoms with E-state index in [1.165, 1.54) is 24.4 Å². The normalized spacial score (nSPS) is 10.2. The van der Waals surface area contributed by atoms with Crippen molar-refractivity contribution in [2.75, 3.05) is 5.32 Å². The number of rotatable bonds is 3. The number of nitrogens with one attached hydrogen (secondary N) is 2. The highest BCUT2D eigenvalue weighted by Crippen LogP contribution is 2.24. The van der Waals surface area contributed by atoms with Crippen LogP contribution in [0.2, 0.25) is 5.02 Å². The quantitative estimate of drug-likeness (QED) is 0.803. The maximum absolute atomic E-state index is 12.0. The molecule has 0 aliphatic heterocycles. The fourth-order valence-electron chi connectivity index (χ4n) is 1.52. The first kappa shape index (κ1) is 13.1. The van der Waals surface area contributed by atoms with Crippen molar-refractivity contribution < 1.29 is 14.7 Å². The minimum absolute atomic E-state index is 0.0450. The van der Waals surface area contributed by atoms with Gasteiger partial charge in [-0.3, -0.25) is 9.89 Å². The monoisotopic (exact) mass is 279 g/mol. The van der Waals surface area contributed by atoms with E-state index < -0.39 is 11.9 Å². The summed E-state index contributed by atoms with van der Waals surface area (Å²) in [5.41, 5.74) is 1.27. The molecule has 0 unspecified atom stereocenters. The van der Waals surface area contributed by atoms with E-state index in [9.17, 15) is 9.59 Å².